The highest BCUT2D eigenvalue weighted by atomic mass is 19.1. The number of nitrogens with zero attached hydrogens (tertiary/aromatic N) is 3. The highest BCUT2D eigenvalue weighted by Crippen LogP contribution is 2.19. The molecule has 0 heterocycles. The molecule has 0 aliphatic rings. The molecule has 0 bridgehead atoms. The van der Waals surface area contributed by atoms with Gasteiger partial charge in [0.05, 0.1) is 17.2 Å². The summed E-state index contributed by atoms with van der Waals surface area (Å²) in [5.41, 5.74) is -1.03. The zero-order chi connectivity index (χ0) is 23.2. The number of carbonyl (C=O) groups is 2. The second-order valence-electron chi connectivity index (χ2n) is 8.74. The van der Waals surface area contributed by atoms with Crippen LogP contribution in [-0.2, 0) is 4.74 Å². The lowest BCUT2D eigenvalue weighted by Gasteiger charge is -2.33. The number of amides is 2. The van der Waals surface area contributed by atoms with Gasteiger partial charge < -0.3 is 19.6 Å². The average Bonchev–Trinajstić information content (AvgIpc) is 2.63. The Bertz CT molecular complexity index is 799. The second kappa shape index (κ2) is 10.4. The van der Waals surface area contributed by atoms with E-state index in [1.54, 1.807) is 47.6 Å². The molecule has 0 fully saturated rings. The molecule has 1 aromatic rings. The fourth-order valence-electron chi connectivity index (χ4n) is 2.77. The molecule has 166 valence electrons. The number of aliphatic hydroxyl groups excluding tert-OH is 1. The fourth-order valence-corrected chi connectivity index (χ4v) is 2.77. The number of hydrogen-bond donors (Lipinski definition) is 1. The van der Waals surface area contributed by atoms with Crippen LogP contribution in [0.25, 0.3) is 0 Å². The van der Waals surface area contributed by atoms with E-state index in [4.69, 9.17) is 10.00 Å². The van der Waals surface area contributed by atoms with E-state index in [1.807, 2.05) is 0 Å². The number of nitriles is 1. The summed E-state index contributed by atoms with van der Waals surface area (Å²) in [7, 11) is 1.53. The molecule has 1 aromatic carbocycles. The monoisotopic (exact) mass is 421 g/mol. The molecule has 0 aliphatic heterocycles. The topological polar surface area (TPSA) is 93.9 Å². The first-order valence-electron chi connectivity index (χ1n) is 9.90. The van der Waals surface area contributed by atoms with Crippen molar-refractivity contribution in [3.63, 3.8) is 0 Å². The van der Waals surface area contributed by atoms with E-state index < -0.39 is 35.4 Å². The largest absolute Gasteiger partial charge is 0.444 e. The lowest BCUT2D eigenvalue weighted by molar-refractivity contribution is 0.0103. The van der Waals surface area contributed by atoms with Gasteiger partial charge in [-0.05, 0) is 46.8 Å². The first kappa shape index (κ1) is 25.4. The molecule has 7 nitrogen and oxygen atoms in total. The summed E-state index contributed by atoms with van der Waals surface area (Å²) in [6, 6.07) is 5.58. The van der Waals surface area contributed by atoms with Crippen LogP contribution < -0.4 is 0 Å². The van der Waals surface area contributed by atoms with Gasteiger partial charge in [0.1, 0.15) is 11.7 Å². The number of halogens is 1. The van der Waals surface area contributed by atoms with Crippen molar-refractivity contribution in [3.05, 3.63) is 35.1 Å². The van der Waals surface area contributed by atoms with E-state index in [0.29, 0.717) is 0 Å². The maximum absolute atomic E-state index is 14.5. The fraction of sp³-hybridized carbons (Fsp3) is 0.591. The lowest BCUT2D eigenvalue weighted by Crippen LogP contribution is -2.46. The highest BCUT2D eigenvalue weighted by Gasteiger charge is 2.28. The molecule has 8 heteroatoms. The van der Waals surface area contributed by atoms with Gasteiger partial charge in [0.25, 0.3) is 5.91 Å². The number of likely N-dealkylation sites (N-methyl/N-ethyl adjacent to an activating group) is 1. The Kier molecular flexibility index (Phi) is 8.79. The Morgan fingerprint density at radius 2 is 1.83 bits per heavy atom. The van der Waals surface area contributed by atoms with Crippen molar-refractivity contribution in [2.75, 3.05) is 20.1 Å². The van der Waals surface area contributed by atoms with Crippen LogP contribution in [-0.4, -0.2) is 64.8 Å². The summed E-state index contributed by atoms with van der Waals surface area (Å²) in [5.74, 6) is -1.81. The van der Waals surface area contributed by atoms with Crippen molar-refractivity contribution in [3.8, 4) is 6.07 Å². The van der Waals surface area contributed by atoms with Crippen molar-refractivity contribution >= 4 is 12.0 Å². The van der Waals surface area contributed by atoms with Crippen LogP contribution in [0.1, 0.15) is 57.5 Å². The lowest BCUT2D eigenvalue weighted by atomic mass is 10.0. The third-order valence-electron chi connectivity index (χ3n) is 4.54. The smallest absolute Gasteiger partial charge is 0.410 e. The van der Waals surface area contributed by atoms with E-state index in [9.17, 15) is 19.1 Å². The van der Waals surface area contributed by atoms with Crippen LogP contribution in [0.4, 0.5) is 9.18 Å². The molecular weight excluding hydrogens is 389 g/mol. The molecule has 1 unspecified atom stereocenters. The van der Waals surface area contributed by atoms with E-state index in [0.717, 1.165) is 0 Å². The van der Waals surface area contributed by atoms with Crippen LogP contribution in [0.3, 0.4) is 0 Å². The van der Waals surface area contributed by atoms with Crippen LogP contribution in [0.5, 0.6) is 0 Å². The zero-order valence-electron chi connectivity index (χ0n) is 18.8. The molecule has 0 saturated carbocycles. The summed E-state index contributed by atoms with van der Waals surface area (Å²) in [5, 5.41) is 19.6. The predicted octanol–water partition coefficient (Wildman–Crippen LogP) is 3.41. The molecule has 0 radical (unpaired) electrons. The van der Waals surface area contributed by atoms with Gasteiger partial charge in [-0.3, -0.25) is 4.79 Å². The quantitative estimate of drug-likeness (QED) is 0.728. The standard InChI is InChI=1S/C22H32FN3O4/c1-14(2)26(20(28)17-10-8-9-16(11-24)19(17)23)12-15(3)18(27)13-25(7)21(29)30-22(4,5)6/h8-10,14-15,18,27H,12-13H2,1-7H3/t15?,18-/m1/s1. The van der Waals surface area contributed by atoms with Crippen molar-refractivity contribution in [1.29, 1.82) is 5.26 Å². The maximum Gasteiger partial charge on any atom is 0.410 e. The van der Waals surface area contributed by atoms with Gasteiger partial charge in [0.15, 0.2) is 5.82 Å². The first-order chi connectivity index (χ1) is 13.8. The molecule has 30 heavy (non-hydrogen) atoms. The van der Waals surface area contributed by atoms with Crippen LogP contribution in [0.15, 0.2) is 18.2 Å². The summed E-state index contributed by atoms with van der Waals surface area (Å²) < 4.78 is 19.7. The SMILES string of the molecule is CC(CN(C(=O)c1cccc(C#N)c1F)C(C)C)[C@H](O)CN(C)C(=O)OC(C)(C)C. The minimum Gasteiger partial charge on any atom is -0.444 e. The molecular formula is C22H32FN3O4. The van der Waals surface area contributed by atoms with Gasteiger partial charge in [-0.15, -0.1) is 0 Å². The van der Waals surface area contributed by atoms with Gasteiger partial charge in [0, 0.05) is 32.1 Å². The Balaban J connectivity index is 2.89. The van der Waals surface area contributed by atoms with Gasteiger partial charge in [-0.1, -0.05) is 13.0 Å². The van der Waals surface area contributed by atoms with Gasteiger partial charge in [-0.2, -0.15) is 5.26 Å². The summed E-state index contributed by atoms with van der Waals surface area (Å²) in [6.07, 6.45) is -1.48. The average molecular weight is 422 g/mol. The molecule has 1 N–H and O–H groups in total. The summed E-state index contributed by atoms with van der Waals surface area (Å²) in [6.45, 7) is 10.8. The number of ether oxygens (including phenoxy) is 1. The third-order valence-corrected chi connectivity index (χ3v) is 4.54. The van der Waals surface area contributed by atoms with E-state index in [1.165, 1.54) is 35.0 Å². The summed E-state index contributed by atoms with van der Waals surface area (Å²) in [4.78, 5) is 27.8. The Morgan fingerprint density at radius 1 is 1.23 bits per heavy atom. The minimum atomic E-state index is -0.924. The molecule has 0 spiro atoms. The third kappa shape index (κ3) is 6.99. The Hall–Kier alpha value is -2.66. The van der Waals surface area contributed by atoms with Crippen molar-refractivity contribution < 1.29 is 23.8 Å². The molecule has 2 amide bonds. The van der Waals surface area contributed by atoms with E-state index in [2.05, 4.69) is 0 Å². The van der Waals surface area contributed by atoms with Crippen LogP contribution in [0, 0.1) is 23.1 Å². The molecule has 0 aliphatic carbocycles. The van der Waals surface area contributed by atoms with Gasteiger partial charge in [0.2, 0.25) is 0 Å². The highest BCUT2D eigenvalue weighted by molar-refractivity contribution is 5.95. The molecule has 2 atom stereocenters. The predicted molar refractivity (Wildman–Crippen MR) is 111 cm³/mol. The minimum absolute atomic E-state index is 0.0223. The number of hydrogen-bond acceptors (Lipinski definition) is 5. The Morgan fingerprint density at radius 3 is 2.33 bits per heavy atom. The number of carbonyl (C=O) groups excluding carboxylic acids is 2. The van der Waals surface area contributed by atoms with Gasteiger partial charge in [-0.25, -0.2) is 9.18 Å². The normalized spacial score (nSPS) is 13.4. The van der Waals surface area contributed by atoms with Crippen molar-refractivity contribution in [2.24, 2.45) is 5.92 Å². The van der Waals surface area contributed by atoms with Gasteiger partial charge >= 0.3 is 6.09 Å². The molecule has 0 aromatic heterocycles. The molecule has 1 rings (SSSR count). The van der Waals surface area contributed by atoms with Crippen molar-refractivity contribution in [1.82, 2.24) is 9.80 Å². The van der Waals surface area contributed by atoms with Crippen molar-refractivity contribution in [2.45, 2.75) is 59.3 Å². The first-order valence-corrected chi connectivity index (χ1v) is 9.90. The van der Waals surface area contributed by atoms with Crippen LogP contribution in [0.2, 0.25) is 0 Å². The van der Waals surface area contributed by atoms with E-state index in [-0.39, 0.29) is 30.3 Å². The van der Waals surface area contributed by atoms with Crippen LogP contribution >= 0.6 is 0 Å². The second-order valence-corrected chi connectivity index (χ2v) is 8.74. The number of aliphatic hydroxyl groups is 1. The zero-order valence-corrected chi connectivity index (χ0v) is 18.8. The maximum atomic E-state index is 14.5. The Labute approximate surface area is 178 Å². The number of rotatable bonds is 7. The number of benzene rings is 1. The van der Waals surface area contributed by atoms with E-state index >= 15 is 0 Å². The molecule has 0 saturated heterocycles. The summed E-state index contributed by atoms with van der Waals surface area (Å²) >= 11 is 0.